The summed E-state index contributed by atoms with van der Waals surface area (Å²) in [6.07, 6.45) is 30.8. The molecular formula is C28H47NO3. The molecule has 4 nitrogen and oxygen atoms in total. The Balaban J connectivity index is 3.67. The molecule has 0 aliphatic rings. The first-order chi connectivity index (χ1) is 15.5. The number of amides is 1. The van der Waals surface area contributed by atoms with Gasteiger partial charge in [-0.15, -0.1) is 0 Å². The van der Waals surface area contributed by atoms with E-state index in [1.165, 1.54) is 25.7 Å². The van der Waals surface area contributed by atoms with Gasteiger partial charge in [-0.3, -0.25) is 4.79 Å². The van der Waals surface area contributed by atoms with Crippen LogP contribution in [0.4, 0.5) is 0 Å². The van der Waals surface area contributed by atoms with E-state index in [2.05, 4.69) is 60.8 Å². The van der Waals surface area contributed by atoms with Crippen LogP contribution >= 0.6 is 0 Å². The minimum absolute atomic E-state index is 0.0612. The van der Waals surface area contributed by atoms with Crippen molar-refractivity contribution in [1.82, 2.24) is 5.32 Å². The number of nitrogens with one attached hydrogen (secondary N) is 1. The number of allylic oxidation sites excluding steroid dienone is 8. The fourth-order valence-corrected chi connectivity index (χ4v) is 3.21. The van der Waals surface area contributed by atoms with Gasteiger partial charge in [0.2, 0.25) is 5.91 Å². The van der Waals surface area contributed by atoms with Crippen LogP contribution in [0, 0.1) is 5.92 Å². The third-order valence-electron chi connectivity index (χ3n) is 5.53. The van der Waals surface area contributed by atoms with Crippen molar-refractivity contribution in [2.45, 2.75) is 110 Å². The Morgan fingerprint density at radius 1 is 0.750 bits per heavy atom. The van der Waals surface area contributed by atoms with Gasteiger partial charge in [-0.2, -0.15) is 0 Å². The summed E-state index contributed by atoms with van der Waals surface area (Å²) in [5.74, 6) is -1.17. The Hall–Kier alpha value is -2.10. The zero-order valence-electron chi connectivity index (χ0n) is 20.7. The molecule has 0 aromatic carbocycles. The van der Waals surface area contributed by atoms with Gasteiger partial charge < -0.3 is 10.4 Å². The summed E-state index contributed by atoms with van der Waals surface area (Å²) in [4.78, 5) is 23.2. The largest absolute Gasteiger partial charge is 0.480 e. The Morgan fingerprint density at radius 3 is 1.72 bits per heavy atom. The molecule has 0 spiro atoms. The van der Waals surface area contributed by atoms with Crippen molar-refractivity contribution in [2.24, 2.45) is 5.92 Å². The number of carboxylic acids is 1. The zero-order valence-corrected chi connectivity index (χ0v) is 20.7. The smallest absolute Gasteiger partial charge is 0.326 e. The third kappa shape index (κ3) is 18.7. The van der Waals surface area contributed by atoms with Crippen LogP contribution in [0.1, 0.15) is 104 Å². The van der Waals surface area contributed by atoms with Gasteiger partial charge in [0.15, 0.2) is 0 Å². The van der Waals surface area contributed by atoms with E-state index in [1.54, 1.807) is 0 Å². The second-order valence-electron chi connectivity index (χ2n) is 8.46. The number of carboxylic acid groups (broad SMARTS) is 1. The van der Waals surface area contributed by atoms with Crippen LogP contribution in [0.3, 0.4) is 0 Å². The lowest BCUT2D eigenvalue weighted by Crippen LogP contribution is -2.44. The molecule has 0 bridgehead atoms. The minimum Gasteiger partial charge on any atom is -0.480 e. The number of unbranched alkanes of at least 4 members (excludes halogenated alkanes) is 6. The fraction of sp³-hybridized carbons (Fsp3) is 0.643. The fourth-order valence-electron chi connectivity index (χ4n) is 3.21. The predicted molar refractivity (Wildman–Crippen MR) is 137 cm³/mol. The summed E-state index contributed by atoms with van der Waals surface area (Å²) >= 11 is 0. The van der Waals surface area contributed by atoms with Crippen molar-refractivity contribution in [3.05, 3.63) is 48.6 Å². The number of carbonyl (C=O) groups is 2. The summed E-state index contributed by atoms with van der Waals surface area (Å²) < 4.78 is 0. The first-order valence-electron chi connectivity index (χ1n) is 12.6. The summed E-state index contributed by atoms with van der Waals surface area (Å²) in [7, 11) is 0. The minimum atomic E-state index is -0.951. The lowest BCUT2D eigenvalue weighted by atomic mass is 9.99. The van der Waals surface area contributed by atoms with Gasteiger partial charge in [0.05, 0.1) is 0 Å². The van der Waals surface area contributed by atoms with Crippen molar-refractivity contribution >= 4 is 11.9 Å². The molecule has 0 saturated carbocycles. The third-order valence-corrected chi connectivity index (χ3v) is 5.53. The monoisotopic (exact) mass is 445 g/mol. The van der Waals surface area contributed by atoms with E-state index in [0.29, 0.717) is 6.42 Å². The number of hydrogen-bond acceptors (Lipinski definition) is 2. The molecule has 0 aliphatic carbocycles. The van der Waals surface area contributed by atoms with E-state index in [0.717, 1.165) is 51.4 Å². The molecule has 4 heteroatoms. The summed E-state index contributed by atoms with van der Waals surface area (Å²) in [5, 5.41) is 11.9. The van der Waals surface area contributed by atoms with Crippen LogP contribution in [-0.2, 0) is 9.59 Å². The van der Waals surface area contributed by atoms with Gasteiger partial charge in [-0.25, -0.2) is 4.79 Å². The van der Waals surface area contributed by atoms with Gasteiger partial charge >= 0.3 is 5.97 Å². The second-order valence-corrected chi connectivity index (χ2v) is 8.46. The maximum Gasteiger partial charge on any atom is 0.326 e. The van der Waals surface area contributed by atoms with Crippen LogP contribution in [-0.4, -0.2) is 23.0 Å². The molecule has 0 unspecified atom stereocenters. The lowest BCUT2D eigenvalue weighted by molar-refractivity contribution is -0.143. The lowest BCUT2D eigenvalue weighted by Gasteiger charge is -2.20. The van der Waals surface area contributed by atoms with Gasteiger partial charge in [-0.05, 0) is 57.3 Å². The average Bonchev–Trinajstić information content (AvgIpc) is 2.78. The Bertz CT molecular complexity index is 589. The molecule has 2 atom stereocenters. The molecule has 32 heavy (non-hydrogen) atoms. The highest BCUT2D eigenvalue weighted by Crippen LogP contribution is 2.10. The van der Waals surface area contributed by atoms with Crippen molar-refractivity contribution in [1.29, 1.82) is 0 Å². The molecule has 1 amide bonds. The number of rotatable bonds is 20. The molecule has 0 saturated heterocycles. The van der Waals surface area contributed by atoms with Crippen LogP contribution in [0.2, 0.25) is 0 Å². The van der Waals surface area contributed by atoms with E-state index >= 15 is 0 Å². The Kier molecular flexibility index (Phi) is 20.7. The molecule has 0 radical (unpaired) electrons. The highest BCUT2D eigenvalue weighted by molar-refractivity contribution is 5.83. The Morgan fingerprint density at radius 2 is 1.25 bits per heavy atom. The average molecular weight is 446 g/mol. The first-order valence-corrected chi connectivity index (χ1v) is 12.6. The van der Waals surface area contributed by atoms with E-state index in [9.17, 15) is 14.7 Å². The standard InChI is InChI=1S/C28H47NO3/c1-4-6-7-8-9-10-11-12-13-14-15-16-17-18-19-20-21-22-23-24-26(30)29-27(28(31)32)25(3)5-2/h9-10,12-13,15-16,18-19,25,27H,4-8,11,14,17,20-24H2,1-3H3,(H,29,30)(H,31,32)/b10-9-,13-12-,16-15-,19-18-/t25-,27-/m0/s1. The molecule has 0 aromatic heterocycles. The summed E-state index contributed by atoms with van der Waals surface area (Å²) in [5.41, 5.74) is 0. The van der Waals surface area contributed by atoms with Crippen molar-refractivity contribution in [2.75, 3.05) is 0 Å². The SMILES string of the molecule is CCCCC/C=C\C/C=C\C/C=C\C/C=C\CCCCCC(=O)N[C@H](C(=O)O)[C@@H](C)CC. The van der Waals surface area contributed by atoms with E-state index < -0.39 is 12.0 Å². The van der Waals surface area contributed by atoms with Crippen molar-refractivity contribution in [3.8, 4) is 0 Å². The van der Waals surface area contributed by atoms with E-state index in [1.807, 2.05) is 13.8 Å². The molecular weight excluding hydrogens is 398 g/mol. The maximum absolute atomic E-state index is 12.0. The second kappa shape index (κ2) is 22.1. The molecule has 182 valence electrons. The topological polar surface area (TPSA) is 66.4 Å². The number of hydrogen-bond donors (Lipinski definition) is 2. The van der Waals surface area contributed by atoms with Crippen molar-refractivity contribution in [3.63, 3.8) is 0 Å². The van der Waals surface area contributed by atoms with E-state index in [4.69, 9.17) is 0 Å². The van der Waals surface area contributed by atoms with Crippen LogP contribution in [0.15, 0.2) is 48.6 Å². The first kappa shape index (κ1) is 29.9. The highest BCUT2D eigenvalue weighted by Gasteiger charge is 2.24. The Labute approximate surface area is 197 Å². The number of carbonyl (C=O) groups excluding carboxylic acids is 1. The quantitative estimate of drug-likeness (QED) is 0.150. The highest BCUT2D eigenvalue weighted by atomic mass is 16.4. The van der Waals surface area contributed by atoms with Crippen molar-refractivity contribution < 1.29 is 14.7 Å². The molecule has 0 aliphatic heterocycles. The van der Waals surface area contributed by atoms with Crippen LogP contribution in [0.25, 0.3) is 0 Å². The summed E-state index contributed by atoms with van der Waals surface area (Å²) in [6, 6.07) is -0.781. The predicted octanol–water partition coefficient (Wildman–Crippen LogP) is 7.53. The van der Waals surface area contributed by atoms with Crippen LogP contribution in [0.5, 0.6) is 0 Å². The van der Waals surface area contributed by atoms with Gasteiger partial charge in [0.25, 0.3) is 0 Å². The number of aliphatic carboxylic acids is 1. The van der Waals surface area contributed by atoms with Gasteiger partial charge in [0, 0.05) is 6.42 Å². The molecule has 0 aromatic rings. The van der Waals surface area contributed by atoms with Crippen LogP contribution < -0.4 is 5.32 Å². The molecule has 0 rings (SSSR count). The summed E-state index contributed by atoms with van der Waals surface area (Å²) in [6.45, 7) is 6.02. The zero-order chi connectivity index (χ0) is 23.9. The van der Waals surface area contributed by atoms with E-state index in [-0.39, 0.29) is 11.8 Å². The van der Waals surface area contributed by atoms with Gasteiger partial charge in [-0.1, -0.05) is 95.1 Å². The molecule has 0 heterocycles. The molecule has 2 N–H and O–H groups in total. The normalized spacial score (nSPS) is 14.1. The maximum atomic E-state index is 12.0. The van der Waals surface area contributed by atoms with Gasteiger partial charge in [0.1, 0.15) is 6.04 Å². The molecule has 0 fully saturated rings.